The summed E-state index contributed by atoms with van der Waals surface area (Å²) in [6.45, 7) is 13.1. The Hall–Kier alpha value is -2.15. The zero-order chi connectivity index (χ0) is 26.8. The molecule has 0 saturated carbocycles. The lowest BCUT2D eigenvalue weighted by Gasteiger charge is -2.27. The van der Waals surface area contributed by atoms with E-state index in [9.17, 15) is 14.4 Å². The van der Waals surface area contributed by atoms with Crippen molar-refractivity contribution in [3.05, 3.63) is 23.3 Å². The average molecular weight is 507 g/mol. The highest BCUT2D eigenvalue weighted by atomic mass is 16.6. The molecule has 2 rings (SSSR count). The predicted molar refractivity (Wildman–Crippen MR) is 138 cm³/mol. The van der Waals surface area contributed by atoms with Gasteiger partial charge in [-0.05, 0) is 52.4 Å². The SMILES string of the molecule is CC1=CCCC(C(=O)OCC(C)(C)COCCC(=O)OCC(C)(C)COC(=O)C2CCC=C(C)C2)C1. The fraction of sp³-hybridized carbons (Fsp3) is 0.759. The van der Waals surface area contributed by atoms with Gasteiger partial charge in [0.2, 0.25) is 0 Å². The lowest BCUT2D eigenvalue weighted by Crippen LogP contribution is -2.31. The smallest absolute Gasteiger partial charge is 0.309 e. The van der Waals surface area contributed by atoms with Crippen molar-refractivity contribution in [2.24, 2.45) is 22.7 Å². The molecule has 2 aliphatic carbocycles. The molecule has 0 aromatic heterocycles. The maximum Gasteiger partial charge on any atom is 0.309 e. The van der Waals surface area contributed by atoms with Gasteiger partial charge in [-0.2, -0.15) is 0 Å². The molecule has 2 aliphatic rings. The van der Waals surface area contributed by atoms with Crippen molar-refractivity contribution >= 4 is 17.9 Å². The van der Waals surface area contributed by atoms with Crippen LogP contribution in [0.1, 0.15) is 86.5 Å². The Balaban J connectivity index is 1.58. The number of allylic oxidation sites excluding steroid dienone is 4. The maximum absolute atomic E-state index is 12.4. The minimum absolute atomic E-state index is 0.0529. The van der Waals surface area contributed by atoms with Crippen LogP contribution in [0.3, 0.4) is 0 Å². The average Bonchev–Trinajstić information content (AvgIpc) is 2.82. The van der Waals surface area contributed by atoms with Crippen molar-refractivity contribution < 1.29 is 33.3 Å². The van der Waals surface area contributed by atoms with Crippen LogP contribution in [0.5, 0.6) is 0 Å². The van der Waals surface area contributed by atoms with Crippen molar-refractivity contribution in [3.8, 4) is 0 Å². The molecular weight excluding hydrogens is 460 g/mol. The van der Waals surface area contributed by atoms with Gasteiger partial charge < -0.3 is 18.9 Å². The fourth-order valence-corrected chi connectivity index (χ4v) is 4.32. The summed E-state index contributed by atoms with van der Waals surface area (Å²) in [6, 6.07) is 0. The first kappa shape index (κ1) is 30.1. The number of rotatable bonds is 13. The number of ether oxygens (including phenoxy) is 4. The molecule has 0 aromatic carbocycles. The Kier molecular flexibility index (Phi) is 11.7. The van der Waals surface area contributed by atoms with E-state index < -0.39 is 5.41 Å². The van der Waals surface area contributed by atoms with Gasteiger partial charge in [-0.1, -0.05) is 51.0 Å². The summed E-state index contributed by atoms with van der Waals surface area (Å²) in [7, 11) is 0. The second-order valence-electron chi connectivity index (χ2n) is 12.1. The van der Waals surface area contributed by atoms with Crippen molar-refractivity contribution in [2.75, 3.05) is 33.0 Å². The van der Waals surface area contributed by atoms with Gasteiger partial charge in [-0.25, -0.2) is 0 Å². The van der Waals surface area contributed by atoms with E-state index in [0.717, 1.165) is 38.5 Å². The number of esters is 3. The zero-order valence-electron chi connectivity index (χ0n) is 23.2. The van der Waals surface area contributed by atoms with Gasteiger partial charge in [-0.15, -0.1) is 0 Å². The highest BCUT2D eigenvalue weighted by Gasteiger charge is 2.28. The third-order valence-corrected chi connectivity index (χ3v) is 6.60. The highest BCUT2D eigenvalue weighted by Crippen LogP contribution is 2.27. The molecular formula is C29H46O7. The molecule has 204 valence electrons. The Bertz CT molecular complexity index is 821. The molecule has 0 heterocycles. The van der Waals surface area contributed by atoms with E-state index in [2.05, 4.69) is 19.1 Å². The first-order valence-corrected chi connectivity index (χ1v) is 13.2. The highest BCUT2D eigenvalue weighted by molar-refractivity contribution is 5.73. The maximum atomic E-state index is 12.4. The fourth-order valence-electron chi connectivity index (χ4n) is 4.32. The first-order valence-electron chi connectivity index (χ1n) is 13.2. The van der Waals surface area contributed by atoms with Crippen LogP contribution in [0.4, 0.5) is 0 Å². The van der Waals surface area contributed by atoms with Crippen molar-refractivity contribution in [1.29, 1.82) is 0 Å². The van der Waals surface area contributed by atoms with Gasteiger partial charge in [-0.3, -0.25) is 14.4 Å². The lowest BCUT2D eigenvalue weighted by molar-refractivity contribution is -0.156. The summed E-state index contributed by atoms with van der Waals surface area (Å²) in [4.78, 5) is 36.9. The molecule has 7 nitrogen and oxygen atoms in total. The Morgan fingerprint density at radius 1 is 0.750 bits per heavy atom. The molecule has 7 heteroatoms. The summed E-state index contributed by atoms with van der Waals surface area (Å²) in [5.74, 6) is -0.797. The Labute approximate surface area is 217 Å². The van der Waals surface area contributed by atoms with E-state index >= 15 is 0 Å². The predicted octanol–water partition coefficient (Wildman–Crippen LogP) is 5.57. The number of carbonyl (C=O) groups excluding carboxylic acids is 3. The van der Waals surface area contributed by atoms with Crippen LogP contribution < -0.4 is 0 Å². The van der Waals surface area contributed by atoms with E-state index in [-0.39, 0.29) is 68.0 Å². The zero-order valence-corrected chi connectivity index (χ0v) is 23.2. The van der Waals surface area contributed by atoms with E-state index in [0.29, 0.717) is 6.61 Å². The number of hydrogen-bond donors (Lipinski definition) is 0. The van der Waals surface area contributed by atoms with E-state index in [1.54, 1.807) is 0 Å². The third kappa shape index (κ3) is 11.3. The topological polar surface area (TPSA) is 88.1 Å². The number of hydrogen-bond acceptors (Lipinski definition) is 7. The van der Waals surface area contributed by atoms with Crippen LogP contribution in [0.25, 0.3) is 0 Å². The summed E-state index contributed by atoms with van der Waals surface area (Å²) in [6.07, 6.45) is 9.51. The summed E-state index contributed by atoms with van der Waals surface area (Å²) >= 11 is 0. The van der Waals surface area contributed by atoms with Gasteiger partial charge >= 0.3 is 17.9 Å². The molecule has 0 radical (unpaired) electrons. The number of carbonyl (C=O) groups is 3. The second kappa shape index (κ2) is 14.0. The van der Waals surface area contributed by atoms with Crippen LogP contribution in [-0.2, 0) is 33.3 Å². The van der Waals surface area contributed by atoms with Crippen LogP contribution in [0.15, 0.2) is 23.3 Å². The largest absolute Gasteiger partial charge is 0.465 e. The molecule has 0 aliphatic heterocycles. The van der Waals surface area contributed by atoms with Crippen molar-refractivity contribution in [1.82, 2.24) is 0 Å². The van der Waals surface area contributed by atoms with Gasteiger partial charge in [0, 0.05) is 10.8 Å². The monoisotopic (exact) mass is 506 g/mol. The van der Waals surface area contributed by atoms with E-state index in [1.807, 2.05) is 34.6 Å². The second-order valence-corrected chi connectivity index (χ2v) is 12.1. The first-order chi connectivity index (χ1) is 16.9. The lowest BCUT2D eigenvalue weighted by atomic mass is 9.89. The summed E-state index contributed by atoms with van der Waals surface area (Å²) < 4.78 is 22.2. The van der Waals surface area contributed by atoms with Crippen molar-refractivity contribution in [3.63, 3.8) is 0 Å². The Morgan fingerprint density at radius 2 is 1.19 bits per heavy atom. The molecule has 0 N–H and O–H groups in total. The van der Waals surface area contributed by atoms with Crippen LogP contribution >= 0.6 is 0 Å². The minimum atomic E-state index is -0.468. The summed E-state index contributed by atoms with van der Waals surface area (Å²) in [5.41, 5.74) is 1.66. The van der Waals surface area contributed by atoms with E-state index in [4.69, 9.17) is 18.9 Å². The van der Waals surface area contributed by atoms with Gasteiger partial charge in [0.1, 0.15) is 0 Å². The normalized spacial score (nSPS) is 20.7. The molecule has 0 spiro atoms. The summed E-state index contributed by atoms with van der Waals surface area (Å²) in [5, 5.41) is 0. The van der Waals surface area contributed by atoms with Crippen molar-refractivity contribution in [2.45, 2.75) is 86.5 Å². The van der Waals surface area contributed by atoms with Crippen LogP contribution in [-0.4, -0.2) is 50.9 Å². The molecule has 2 atom stereocenters. The minimum Gasteiger partial charge on any atom is -0.465 e. The van der Waals surface area contributed by atoms with Gasteiger partial charge in [0.15, 0.2) is 0 Å². The molecule has 0 amide bonds. The molecule has 0 bridgehead atoms. The third-order valence-electron chi connectivity index (χ3n) is 6.60. The molecule has 0 fully saturated rings. The van der Waals surface area contributed by atoms with Crippen LogP contribution in [0.2, 0.25) is 0 Å². The quantitative estimate of drug-likeness (QED) is 0.140. The van der Waals surface area contributed by atoms with Gasteiger partial charge in [0.25, 0.3) is 0 Å². The van der Waals surface area contributed by atoms with Crippen LogP contribution in [0, 0.1) is 22.7 Å². The van der Waals surface area contributed by atoms with E-state index in [1.165, 1.54) is 11.1 Å². The Morgan fingerprint density at radius 3 is 1.67 bits per heavy atom. The van der Waals surface area contributed by atoms with Gasteiger partial charge in [0.05, 0.1) is 51.3 Å². The molecule has 36 heavy (non-hydrogen) atoms. The molecule has 0 saturated heterocycles. The molecule has 2 unspecified atom stereocenters. The standard InChI is InChI=1S/C29H46O7/c1-21-9-7-11-23(15-21)26(31)35-19-28(3,4)17-33-14-13-25(30)34-18-29(5,6)20-36-27(32)24-12-8-10-22(2)16-24/h9-10,23-24H,7-8,11-20H2,1-6H3. The molecule has 0 aromatic rings.